The summed E-state index contributed by atoms with van der Waals surface area (Å²) in [6.45, 7) is 5.51. The van der Waals surface area contributed by atoms with Gasteiger partial charge in [0.1, 0.15) is 11.6 Å². The van der Waals surface area contributed by atoms with Crippen molar-refractivity contribution in [2.45, 2.75) is 20.8 Å². The normalized spacial score (nSPS) is 11.5. The maximum Gasteiger partial charge on any atom is 0.289 e. The van der Waals surface area contributed by atoms with Crippen LogP contribution in [0.25, 0.3) is 16.6 Å². The van der Waals surface area contributed by atoms with Crippen LogP contribution in [-0.4, -0.2) is 30.9 Å². The molecule has 0 atom stereocenters. The molecule has 1 aromatic carbocycles. The molecule has 0 unspecified atom stereocenters. The van der Waals surface area contributed by atoms with Crippen molar-refractivity contribution in [1.29, 1.82) is 5.26 Å². The molecule has 0 saturated carbocycles. The number of rotatable bonds is 2. The van der Waals surface area contributed by atoms with E-state index in [2.05, 4.69) is 20.6 Å². The highest BCUT2D eigenvalue weighted by molar-refractivity contribution is 5.95. The first-order valence-corrected chi connectivity index (χ1v) is 8.29. The van der Waals surface area contributed by atoms with Crippen LogP contribution in [-0.2, 0) is 0 Å². The molecule has 8 heteroatoms. The van der Waals surface area contributed by atoms with Crippen LogP contribution in [0.4, 0.5) is 0 Å². The van der Waals surface area contributed by atoms with Gasteiger partial charge in [-0.05, 0) is 61.0 Å². The minimum atomic E-state index is -0.446. The first-order valence-electron chi connectivity index (χ1n) is 8.29. The smallest absolute Gasteiger partial charge is 0.266 e. The number of benzene rings is 1. The highest BCUT2D eigenvalue weighted by atomic mass is 16.1. The van der Waals surface area contributed by atoms with Crippen LogP contribution in [0.15, 0.2) is 40.2 Å². The van der Waals surface area contributed by atoms with Crippen LogP contribution < -0.4 is 5.56 Å². The number of nitriles is 1. The summed E-state index contributed by atoms with van der Waals surface area (Å²) in [6.07, 6.45) is 1.54. The third kappa shape index (κ3) is 2.66. The van der Waals surface area contributed by atoms with E-state index in [0.29, 0.717) is 22.5 Å². The van der Waals surface area contributed by atoms with Crippen LogP contribution in [0.2, 0.25) is 0 Å². The monoisotopic (exact) mass is 357 g/mol. The van der Waals surface area contributed by atoms with Gasteiger partial charge in [-0.2, -0.15) is 14.9 Å². The highest BCUT2D eigenvalue weighted by Gasteiger charge is 2.11. The number of fused-ring (bicyclic) bond motifs is 3. The Kier molecular flexibility index (Phi) is 3.78. The number of aromatic nitrogens is 5. The summed E-state index contributed by atoms with van der Waals surface area (Å²) in [5.74, 6) is 0. The molecule has 0 spiro atoms. The molecule has 0 aliphatic heterocycles. The SMILES string of the molecule is Cc1ccc2c(c1)cc(/C=N/n1c(C)cc(C)c(C#N)c1=O)c1nnnn12. The molecule has 0 aliphatic carbocycles. The zero-order valence-corrected chi connectivity index (χ0v) is 15.0. The van der Waals surface area contributed by atoms with E-state index >= 15 is 0 Å². The first kappa shape index (κ1) is 16.6. The van der Waals surface area contributed by atoms with Gasteiger partial charge in [0.25, 0.3) is 5.56 Å². The van der Waals surface area contributed by atoms with Crippen LogP contribution in [0.1, 0.15) is 27.9 Å². The Bertz CT molecular complexity index is 1340. The van der Waals surface area contributed by atoms with E-state index in [1.165, 1.54) is 4.68 Å². The molecule has 8 nitrogen and oxygen atoms in total. The average molecular weight is 357 g/mol. The molecular formula is C19H15N7O. The lowest BCUT2D eigenvalue weighted by Crippen LogP contribution is -2.22. The average Bonchev–Trinajstić information content (AvgIpc) is 3.11. The van der Waals surface area contributed by atoms with Gasteiger partial charge in [-0.1, -0.05) is 11.6 Å². The van der Waals surface area contributed by atoms with E-state index in [1.54, 1.807) is 30.6 Å². The van der Waals surface area contributed by atoms with Crippen molar-refractivity contribution in [3.05, 3.63) is 68.6 Å². The number of hydrogen-bond acceptors (Lipinski definition) is 6. The van der Waals surface area contributed by atoms with Crippen molar-refractivity contribution in [1.82, 2.24) is 24.7 Å². The first-order chi connectivity index (χ1) is 13.0. The van der Waals surface area contributed by atoms with Crippen molar-refractivity contribution >= 4 is 22.8 Å². The molecule has 27 heavy (non-hydrogen) atoms. The Hall–Kier alpha value is -3.86. The summed E-state index contributed by atoms with van der Waals surface area (Å²) in [7, 11) is 0. The van der Waals surface area contributed by atoms with Gasteiger partial charge < -0.3 is 0 Å². The summed E-state index contributed by atoms with van der Waals surface area (Å²) in [6, 6.07) is 11.6. The van der Waals surface area contributed by atoms with Crippen molar-refractivity contribution < 1.29 is 0 Å². The lowest BCUT2D eigenvalue weighted by Gasteiger charge is -2.07. The van der Waals surface area contributed by atoms with Gasteiger partial charge in [-0.3, -0.25) is 4.79 Å². The molecule has 3 aromatic heterocycles. The molecule has 0 fully saturated rings. The minimum Gasteiger partial charge on any atom is -0.266 e. The summed E-state index contributed by atoms with van der Waals surface area (Å²) >= 11 is 0. The fourth-order valence-electron chi connectivity index (χ4n) is 3.12. The third-order valence-corrected chi connectivity index (χ3v) is 4.43. The molecule has 0 aliphatic rings. The standard InChI is InChI=1S/C19H15N7O/c1-11-4-5-17-14(6-11)8-15(18-22-23-24-26(17)18)10-21-25-13(3)7-12(2)16(9-20)19(25)27/h4-8,10H,1-3H3/b21-10+. The Morgan fingerprint density at radius 3 is 2.78 bits per heavy atom. The fourth-order valence-corrected chi connectivity index (χ4v) is 3.12. The maximum absolute atomic E-state index is 12.5. The fraction of sp³-hybridized carbons (Fsp3) is 0.158. The third-order valence-electron chi connectivity index (χ3n) is 4.43. The van der Waals surface area contributed by atoms with Crippen molar-refractivity contribution in [2.24, 2.45) is 5.10 Å². The second-order valence-electron chi connectivity index (χ2n) is 6.39. The molecule has 0 bridgehead atoms. The van der Waals surface area contributed by atoms with Gasteiger partial charge in [0.05, 0.1) is 11.7 Å². The Morgan fingerprint density at radius 1 is 1.19 bits per heavy atom. The Morgan fingerprint density at radius 2 is 2.00 bits per heavy atom. The topological polar surface area (TPSA) is 101 Å². The van der Waals surface area contributed by atoms with Gasteiger partial charge in [0.2, 0.25) is 0 Å². The van der Waals surface area contributed by atoms with Crippen LogP contribution in [0.3, 0.4) is 0 Å². The highest BCUT2D eigenvalue weighted by Crippen LogP contribution is 2.19. The van der Waals surface area contributed by atoms with Crippen LogP contribution in [0, 0.1) is 32.1 Å². The molecule has 0 N–H and O–H groups in total. The molecule has 3 heterocycles. The lowest BCUT2D eigenvalue weighted by atomic mass is 10.1. The predicted octanol–water partition coefficient (Wildman–Crippen LogP) is 2.12. The van der Waals surface area contributed by atoms with Gasteiger partial charge in [0, 0.05) is 16.6 Å². The van der Waals surface area contributed by atoms with E-state index in [9.17, 15) is 10.1 Å². The maximum atomic E-state index is 12.5. The quantitative estimate of drug-likeness (QED) is 0.511. The number of nitrogens with zero attached hydrogens (tertiary/aromatic N) is 7. The van der Waals surface area contributed by atoms with Crippen molar-refractivity contribution in [3.63, 3.8) is 0 Å². The summed E-state index contributed by atoms with van der Waals surface area (Å²) in [4.78, 5) is 12.5. The van der Waals surface area contributed by atoms with E-state index in [4.69, 9.17) is 0 Å². The van der Waals surface area contributed by atoms with Crippen molar-refractivity contribution in [3.8, 4) is 6.07 Å². The summed E-state index contributed by atoms with van der Waals surface area (Å²) < 4.78 is 2.86. The van der Waals surface area contributed by atoms with Gasteiger partial charge in [-0.25, -0.2) is 4.68 Å². The second kappa shape index (κ2) is 6.14. The second-order valence-corrected chi connectivity index (χ2v) is 6.39. The zero-order valence-electron chi connectivity index (χ0n) is 15.0. The molecule has 0 amide bonds. The Labute approximate surface area is 154 Å². The minimum absolute atomic E-state index is 0.0844. The van der Waals surface area contributed by atoms with E-state index in [0.717, 1.165) is 16.5 Å². The van der Waals surface area contributed by atoms with E-state index in [-0.39, 0.29) is 5.56 Å². The Balaban J connectivity index is 1.93. The molecule has 132 valence electrons. The largest absolute Gasteiger partial charge is 0.289 e. The summed E-state index contributed by atoms with van der Waals surface area (Å²) in [5.41, 5.74) is 4.11. The number of hydrogen-bond donors (Lipinski definition) is 0. The number of aryl methyl sites for hydroxylation is 3. The molecular weight excluding hydrogens is 342 g/mol. The molecule has 0 saturated heterocycles. The van der Waals surface area contributed by atoms with Crippen molar-refractivity contribution in [2.75, 3.05) is 0 Å². The zero-order chi connectivity index (χ0) is 19.1. The van der Waals surface area contributed by atoms with Crippen LogP contribution >= 0.6 is 0 Å². The van der Waals surface area contributed by atoms with Gasteiger partial charge in [-0.15, -0.1) is 5.10 Å². The predicted molar refractivity (Wildman–Crippen MR) is 101 cm³/mol. The van der Waals surface area contributed by atoms with Crippen LogP contribution in [0.5, 0.6) is 0 Å². The molecule has 4 rings (SSSR count). The number of pyridine rings is 2. The molecule has 0 radical (unpaired) electrons. The van der Waals surface area contributed by atoms with Gasteiger partial charge in [0.15, 0.2) is 5.65 Å². The van der Waals surface area contributed by atoms with E-state index in [1.807, 2.05) is 37.3 Å². The van der Waals surface area contributed by atoms with Gasteiger partial charge >= 0.3 is 0 Å². The summed E-state index contributed by atoms with van der Waals surface area (Å²) in [5, 5.41) is 26.3. The lowest BCUT2D eigenvalue weighted by molar-refractivity contribution is 0.786. The van der Waals surface area contributed by atoms with E-state index < -0.39 is 5.56 Å². The molecule has 4 aromatic rings. The number of tetrazole rings is 1.